The Morgan fingerprint density at radius 1 is 1.31 bits per heavy atom. The van der Waals surface area contributed by atoms with Gasteiger partial charge in [-0.2, -0.15) is 0 Å². The van der Waals surface area contributed by atoms with E-state index in [1.807, 2.05) is 30.3 Å². The smallest absolute Gasteiger partial charge is 0.306 e. The summed E-state index contributed by atoms with van der Waals surface area (Å²) >= 11 is 0. The van der Waals surface area contributed by atoms with E-state index in [1.165, 1.54) is 0 Å². The van der Waals surface area contributed by atoms with Crippen LogP contribution in [0.1, 0.15) is 18.4 Å². The van der Waals surface area contributed by atoms with Gasteiger partial charge >= 0.3 is 5.97 Å². The van der Waals surface area contributed by atoms with Gasteiger partial charge in [0.1, 0.15) is 6.61 Å². The molecule has 0 unspecified atom stereocenters. The van der Waals surface area contributed by atoms with Crippen LogP contribution in [0.2, 0.25) is 0 Å². The van der Waals surface area contributed by atoms with Crippen LogP contribution in [0.4, 0.5) is 0 Å². The number of methoxy groups -OCH3 is 1. The number of carbonyl (C=O) groups is 1. The summed E-state index contributed by atoms with van der Waals surface area (Å²) in [5.74, 6) is -0.190. The predicted octanol–water partition coefficient (Wildman–Crippen LogP) is 2.67. The first-order chi connectivity index (χ1) is 7.83. The summed E-state index contributed by atoms with van der Waals surface area (Å²) in [4.78, 5) is 11.3. The van der Waals surface area contributed by atoms with Crippen LogP contribution in [0.3, 0.4) is 0 Å². The normalized spacial score (nSPS) is 10.3. The number of ether oxygens (including phenoxy) is 2. The topological polar surface area (TPSA) is 35.5 Å². The monoisotopic (exact) mass is 220 g/mol. The zero-order valence-corrected chi connectivity index (χ0v) is 9.39. The average molecular weight is 220 g/mol. The fraction of sp³-hybridized carbons (Fsp3) is 0.308. The number of esters is 1. The average Bonchev–Trinajstić information content (AvgIpc) is 2.33. The molecule has 0 aliphatic carbocycles. The number of benzene rings is 1. The fourth-order valence-electron chi connectivity index (χ4n) is 1.18. The van der Waals surface area contributed by atoms with Gasteiger partial charge in [0, 0.05) is 6.42 Å². The van der Waals surface area contributed by atoms with E-state index in [0.717, 1.165) is 5.56 Å². The van der Waals surface area contributed by atoms with Crippen molar-refractivity contribution < 1.29 is 14.3 Å². The minimum Gasteiger partial charge on any atom is -0.505 e. The van der Waals surface area contributed by atoms with Crippen molar-refractivity contribution in [3.8, 4) is 0 Å². The Morgan fingerprint density at radius 2 is 2.06 bits per heavy atom. The Morgan fingerprint density at radius 3 is 2.75 bits per heavy atom. The molecule has 0 saturated heterocycles. The van der Waals surface area contributed by atoms with Crippen LogP contribution in [0.15, 0.2) is 42.7 Å². The molecule has 0 radical (unpaired) electrons. The molecule has 0 amide bonds. The van der Waals surface area contributed by atoms with Gasteiger partial charge in [-0.05, 0) is 18.1 Å². The van der Waals surface area contributed by atoms with E-state index in [9.17, 15) is 4.79 Å². The maximum absolute atomic E-state index is 11.3. The van der Waals surface area contributed by atoms with E-state index in [0.29, 0.717) is 19.4 Å². The van der Waals surface area contributed by atoms with Crippen LogP contribution >= 0.6 is 0 Å². The highest BCUT2D eigenvalue weighted by Gasteiger charge is 2.01. The molecule has 1 aromatic carbocycles. The van der Waals surface area contributed by atoms with E-state index < -0.39 is 0 Å². The predicted molar refractivity (Wildman–Crippen MR) is 61.6 cm³/mol. The van der Waals surface area contributed by atoms with E-state index in [1.54, 1.807) is 19.4 Å². The highest BCUT2D eigenvalue weighted by molar-refractivity contribution is 5.69. The second-order valence-electron chi connectivity index (χ2n) is 3.29. The minimum absolute atomic E-state index is 0.190. The molecule has 0 atom stereocenters. The maximum atomic E-state index is 11.3. The number of hydrogen-bond acceptors (Lipinski definition) is 3. The molecular weight excluding hydrogens is 204 g/mol. The maximum Gasteiger partial charge on any atom is 0.306 e. The molecule has 0 heterocycles. The first-order valence-corrected chi connectivity index (χ1v) is 5.20. The molecular formula is C13H16O3. The SMILES string of the molecule is COC=CCCC(=O)OCc1ccccc1. The lowest BCUT2D eigenvalue weighted by Gasteiger charge is -2.03. The Kier molecular flexibility index (Phi) is 5.78. The number of allylic oxidation sites excluding steroid dienone is 1. The van der Waals surface area contributed by atoms with E-state index in [2.05, 4.69) is 0 Å². The summed E-state index contributed by atoms with van der Waals surface area (Å²) in [6, 6.07) is 9.63. The third-order valence-corrected chi connectivity index (χ3v) is 1.99. The molecule has 0 fully saturated rings. The van der Waals surface area contributed by atoms with Crippen LogP contribution < -0.4 is 0 Å². The second-order valence-corrected chi connectivity index (χ2v) is 3.29. The molecule has 3 heteroatoms. The summed E-state index contributed by atoms with van der Waals surface area (Å²) in [7, 11) is 1.57. The highest BCUT2D eigenvalue weighted by atomic mass is 16.5. The summed E-state index contributed by atoms with van der Waals surface area (Å²) in [5, 5.41) is 0. The zero-order chi connectivity index (χ0) is 11.6. The summed E-state index contributed by atoms with van der Waals surface area (Å²) < 4.78 is 9.81. The lowest BCUT2D eigenvalue weighted by molar-refractivity contribution is -0.144. The van der Waals surface area contributed by atoms with Crippen LogP contribution in [-0.4, -0.2) is 13.1 Å². The molecule has 16 heavy (non-hydrogen) atoms. The van der Waals surface area contributed by atoms with Gasteiger partial charge in [-0.3, -0.25) is 4.79 Å². The highest BCUT2D eigenvalue weighted by Crippen LogP contribution is 2.02. The quantitative estimate of drug-likeness (QED) is 0.546. The van der Waals surface area contributed by atoms with Crippen molar-refractivity contribution in [1.29, 1.82) is 0 Å². The third-order valence-electron chi connectivity index (χ3n) is 1.99. The zero-order valence-electron chi connectivity index (χ0n) is 9.39. The van der Waals surface area contributed by atoms with E-state index in [4.69, 9.17) is 9.47 Å². The Hall–Kier alpha value is -1.77. The molecule has 0 bridgehead atoms. The fourth-order valence-corrected chi connectivity index (χ4v) is 1.18. The minimum atomic E-state index is -0.190. The van der Waals surface area contributed by atoms with Gasteiger partial charge in [-0.15, -0.1) is 0 Å². The Balaban J connectivity index is 2.18. The standard InChI is InChI=1S/C13H16O3/c1-15-10-6-5-9-13(14)16-11-12-7-3-2-4-8-12/h2-4,6-8,10H,5,9,11H2,1H3. The van der Waals surface area contributed by atoms with Crippen molar-refractivity contribution in [2.45, 2.75) is 19.4 Å². The number of hydrogen-bond donors (Lipinski definition) is 0. The first-order valence-electron chi connectivity index (χ1n) is 5.20. The van der Waals surface area contributed by atoms with Crippen molar-refractivity contribution in [1.82, 2.24) is 0 Å². The first kappa shape index (κ1) is 12.3. The Labute approximate surface area is 95.7 Å². The molecule has 1 rings (SSSR count). The largest absolute Gasteiger partial charge is 0.505 e. The van der Waals surface area contributed by atoms with Gasteiger partial charge in [0.2, 0.25) is 0 Å². The summed E-state index contributed by atoms with van der Waals surface area (Å²) in [6.45, 7) is 0.341. The Bertz CT molecular complexity index is 330. The van der Waals surface area contributed by atoms with Crippen molar-refractivity contribution in [3.63, 3.8) is 0 Å². The van der Waals surface area contributed by atoms with Crippen LogP contribution in [-0.2, 0) is 20.9 Å². The summed E-state index contributed by atoms with van der Waals surface area (Å²) in [6.07, 6.45) is 4.38. The molecule has 0 saturated carbocycles. The molecule has 1 aromatic rings. The van der Waals surface area contributed by atoms with Gasteiger partial charge in [0.05, 0.1) is 13.4 Å². The molecule has 0 aromatic heterocycles. The van der Waals surface area contributed by atoms with Gasteiger partial charge in [-0.1, -0.05) is 30.3 Å². The van der Waals surface area contributed by atoms with E-state index >= 15 is 0 Å². The lowest BCUT2D eigenvalue weighted by Crippen LogP contribution is -2.03. The second kappa shape index (κ2) is 7.51. The van der Waals surface area contributed by atoms with Crippen molar-refractivity contribution in [2.24, 2.45) is 0 Å². The van der Waals surface area contributed by atoms with Crippen LogP contribution in [0, 0.1) is 0 Å². The van der Waals surface area contributed by atoms with Crippen LogP contribution in [0.25, 0.3) is 0 Å². The molecule has 0 aliphatic rings. The lowest BCUT2D eigenvalue weighted by atomic mass is 10.2. The molecule has 0 N–H and O–H groups in total. The van der Waals surface area contributed by atoms with Crippen LogP contribution in [0.5, 0.6) is 0 Å². The summed E-state index contributed by atoms with van der Waals surface area (Å²) in [5.41, 5.74) is 1.00. The van der Waals surface area contributed by atoms with Crippen molar-refractivity contribution >= 4 is 5.97 Å². The van der Waals surface area contributed by atoms with Crippen molar-refractivity contribution in [3.05, 3.63) is 48.2 Å². The van der Waals surface area contributed by atoms with Crippen molar-refractivity contribution in [2.75, 3.05) is 7.11 Å². The van der Waals surface area contributed by atoms with Gasteiger partial charge in [0.25, 0.3) is 0 Å². The number of carbonyl (C=O) groups excluding carboxylic acids is 1. The molecule has 86 valence electrons. The molecule has 0 spiro atoms. The van der Waals surface area contributed by atoms with E-state index in [-0.39, 0.29) is 5.97 Å². The van der Waals surface area contributed by atoms with Gasteiger partial charge in [-0.25, -0.2) is 0 Å². The molecule has 3 nitrogen and oxygen atoms in total. The number of rotatable bonds is 6. The van der Waals surface area contributed by atoms with Gasteiger partial charge < -0.3 is 9.47 Å². The van der Waals surface area contributed by atoms with Gasteiger partial charge in [0.15, 0.2) is 0 Å². The third kappa shape index (κ3) is 5.20. The molecule has 0 aliphatic heterocycles.